The highest BCUT2D eigenvalue weighted by Gasteiger charge is 2.23. The molecule has 1 fully saturated rings. The minimum Gasteiger partial charge on any atom is -0.465 e. The lowest BCUT2D eigenvalue weighted by Gasteiger charge is -2.31. The number of fused-ring (bicyclic) bond motifs is 1. The van der Waals surface area contributed by atoms with Crippen molar-refractivity contribution in [3.8, 4) is 0 Å². The zero-order valence-corrected chi connectivity index (χ0v) is 24.2. The molecule has 3 amide bonds. The number of hydrogen-bond donors (Lipinski definition) is 6. The number of anilines is 2. The van der Waals surface area contributed by atoms with Crippen LogP contribution in [0.2, 0.25) is 5.02 Å². The number of aliphatic hydroxyl groups is 1. The van der Waals surface area contributed by atoms with Gasteiger partial charge in [0, 0.05) is 42.9 Å². The van der Waals surface area contributed by atoms with Crippen molar-refractivity contribution >= 4 is 52.2 Å². The number of amides is 3. The predicted octanol–water partition coefficient (Wildman–Crippen LogP) is 3.31. The fraction of sp³-hybridized carbons (Fsp3) is 0.267. The lowest BCUT2D eigenvalue weighted by atomic mass is 10.0. The van der Waals surface area contributed by atoms with E-state index in [1.54, 1.807) is 0 Å². The van der Waals surface area contributed by atoms with E-state index in [2.05, 4.69) is 30.9 Å². The van der Waals surface area contributed by atoms with Crippen LogP contribution in [0.4, 0.5) is 16.4 Å². The molecule has 0 radical (unpaired) electrons. The molecule has 13 nitrogen and oxygen atoms in total. The molecule has 1 saturated heterocycles. The summed E-state index contributed by atoms with van der Waals surface area (Å²) in [4.78, 5) is 63.4. The van der Waals surface area contributed by atoms with Crippen LogP contribution in [0.3, 0.4) is 0 Å². The van der Waals surface area contributed by atoms with Gasteiger partial charge >= 0.3 is 6.09 Å². The molecule has 1 unspecified atom stereocenters. The second kappa shape index (κ2) is 13.5. The molecule has 5 rings (SSSR count). The summed E-state index contributed by atoms with van der Waals surface area (Å²) in [5.74, 6) is -0.792. The Hall–Kier alpha value is -5.01. The molecule has 1 aliphatic rings. The molecular weight excluding hydrogens is 590 g/mol. The van der Waals surface area contributed by atoms with Crippen LogP contribution in [-0.4, -0.2) is 68.8 Å². The van der Waals surface area contributed by atoms with Gasteiger partial charge in [-0.15, -0.1) is 0 Å². The van der Waals surface area contributed by atoms with E-state index in [0.717, 1.165) is 5.56 Å². The standard InChI is InChI=1S/C30H30ClN7O6/c31-22-7-6-18(26(40)34-23(10-13-39)17-4-2-1-3-5-17)15-24(22)35-27(41)21-14-19-16-32-29(37-25(19)36-28(21)42)38-11-8-20(9-12-38)33-30(43)44/h1-7,14-16,20,23,33,39H,8-13H2,(H,34,40)(H,35,41)(H,43,44)(H,32,36,37,42). The Morgan fingerprint density at radius 1 is 1.07 bits per heavy atom. The van der Waals surface area contributed by atoms with Crippen molar-refractivity contribution in [1.29, 1.82) is 0 Å². The van der Waals surface area contributed by atoms with Crippen molar-refractivity contribution in [2.24, 2.45) is 0 Å². The molecule has 14 heteroatoms. The first-order chi connectivity index (χ1) is 21.2. The largest absolute Gasteiger partial charge is 0.465 e. The average Bonchev–Trinajstić information content (AvgIpc) is 3.01. The van der Waals surface area contributed by atoms with Gasteiger partial charge < -0.3 is 36.0 Å². The summed E-state index contributed by atoms with van der Waals surface area (Å²) < 4.78 is 0. The maximum Gasteiger partial charge on any atom is 0.404 e. The van der Waals surface area contributed by atoms with Crippen LogP contribution in [0.1, 0.15) is 51.6 Å². The Bertz CT molecular complexity index is 1740. The quantitative estimate of drug-likeness (QED) is 0.163. The SMILES string of the molecule is O=C(O)NC1CCN(c2ncc3cc(C(=O)Nc4cc(C(=O)NC(CCO)c5ccccc5)ccc4Cl)c(=O)[nH]c3n2)CC1. The summed E-state index contributed by atoms with van der Waals surface area (Å²) in [5, 5.41) is 27.0. The number of carbonyl (C=O) groups is 3. The number of H-pyrrole nitrogens is 1. The fourth-order valence-electron chi connectivity index (χ4n) is 5.03. The Morgan fingerprint density at radius 3 is 2.52 bits per heavy atom. The molecule has 1 atom stereocenters. The Labute approximate surface area is 256 Å². The first-order valence-electron chi connectivity index (χ1n) is 13.9. The smallest absolute Gasteiger partial charge is 0.404 e. The van der Waals surface area contributed by atoms with E-state index in [1.165, 1.54) is 30.5 Å². The number of hydrogen-bond acceptors (Lipinski definition) is 8. The van der Waals surface area contributed by atoms with Gasteiger partial charge in [0.15, 0.2) is 0 Å². The van der Waals surface area contributed by atoms with Crippen molar-refractivity contribution in [3.05, 3.63) is 92.9 Å². The summed E-state index contributed by atoms with van der Waals surface area (Å²) in [6, 6.07) is 14.4. The normalized spacial score (nSPS) is 14.2. The number of benzene rings is 2. The summed E-state index contributed by atoms with van der Waals surface area (Å²) in [5.41, 5.74) is 0.557. The molecule has 0 saturated carbocycles. The number of piperidine rings is 1. The highest BCUT2D eigenvalue weighted by Crippen LogP contribution is 2.25. The minimum absolute atomic E-state index is 0.126. The fourth-order valence-corrected chi connectivity index (χ4v) is 5.20. The van der Waals surface area contributed by atoms with Gasteiger partial charge in [0.2, 0.25) is 5.95 Å². The van der Waals surface area contributed by atoms with Crippen LogP contribution < -0.4 is 26.4 Å². The third-order valence-electron chi connectivity index (χ3n) is 7.33. The van der Waals surface area contributed by atoms with E-state index < -0.39 is 29.5 Å². The maximum absolute atomic E-state index is 13.2. The molecule has 6 N–H and O–H groups in total. The number of carboxylic acid groups (broad SMARTS) is 1. The molecular formula is C30H30ClN7O6. The zero-order chi connectivity index (χ0) is 31.2. The van der Waals surface area contributed by atoms with Crippen molar-refractivity contribution in [2.75, 3.05) is 29.9 Å². The summed E-state index contributed by atoms with van der Waals surface area (Å²) in [7, 11) is 0. The first-order valence-corrected chi connectivity index (χ1v) is 14.3. The third kappa shape index (κ3) is 7.13. The van der Waals surface area contributed by atoms with Gasteiger partial charge in [-0.2, -0.15) is 4.98 Å². The molecule has 1 aliphatic heterocycles. The van der Waals surface area contributed by atoms with Crippen molar-refractivity contribution in [3.63, 3.8) is 0 Å². The van der Waals surface area contributed by atoms with Gasteiger partial charge in [-0.3, -0.25) is 14.4 Å². The van der Waals surface area contributed by atoms with E-state index in [4.69, 9.17) is 16.7 Å². The monoisotopic (exact) mass is 619 g/mol. The van der Waals surface area contributed by atoms with Gasteiger partial charge in [-0.1, -0.05) is 41.9 Å². The lowest BCUT2D eigenvalue weighted by Crippen LogP contribution is -2.44. The molecule has 3 heterocycles. The van der Waals surface area contributed by atoms with Crippen LogP contribution in [-0.2, 0) is 0 Å². The lowest BCUT2D eigenvalue weighted by molar-refractivity contribution is 0.0928. The summed E-state index contributed by atoms with van der Waals surface area (Å²) in [6.45, 7) is 0.945. The second-order valence-corrected chi connectivity index (χ2v) is 10.7. The molecule has 2 aromatic heterocycles. The van der Waals surface area contributed by atoms with E-state index in [1.807, 2.05) is 35.2 Å². The van der Waals surface area contributed by atoms with Crippen molar-refractivity contribution in [1.82, 2.24) is 25.6 Å². The van der Waals surface area contributed by atoms with Gasteiger partial charge in [0.1, 0.15) is 11.2 Å². The number of pyridine rings is 1. The number of rotatable bonds is 9. The number of halogens is 1. The second-order valence-electron chi connectivity index (χ2n) is 10.3. The third-order valence-corrected chi connectivity index (χ3v) is 7.66. The van der Waals surface area contributed by atoms with Crippen LogP contribution in [0.15, 0.2) is 65.6 Å². The maximum atomic E-state index is 13.2. The van der Waals surface area contributed by atoms with E-state index in [0.29, 0.717) is 43.7 Å². The van der Waals surface area contributed by atoms with E-state index in [-0.39, 0.29) is 40.1 Å². The highest BCUT2D eigenvalue weighted by molar-refractivity contribution is 6.34. The molecule has 2 aromatic carbocycles. The highest BCUT2D eigenvalue weighted by atomic mass is 35.5. The molecule has 4 aromatic rings. The summed E-state index contributed by atoms with van der Waals surface area (Å²) in [6.07, 6.45) is 1.93. The zero-order valence-electron chi connectivity index (χ0n) is 23.4. The number of aromatic nitrogens is 3. The number of carbonyl (C=O) groups excluding carboxylic acids is 2. The van der Waals surface area contributed by atoms with Crippen LogP contribution in [0.5, 0.6) is 0 Å². The van der Waals surface area contributed by atoms with Gasteiger partial charge in [0.05, 0.1) is 16.8 Å². The molecule has 228 valence electrons. The van der Waals surface area contributed by atoms with E-state index >= 15 is 0 Å². The first kappa shape index (κ1) is 30.4. The molecule has 0 aliphatic carbocycles. The van der Waals surface area contributed by atoms with Crippen LogP contribution >= 0.6 is 11.6 Å². The predicted molar refractivity (Wildman–Crippen MR) is 164 cm³/mol. The minimum atomic E-state index is -1.06. The van der Waals surface area contributed by atoms with E-state index in [9.17, 15) is 24.3 Å². The molecule has 0 bridgehead atoms. The van der Waals surface area contributed by atoms with Crippen LogP contribution in [0, 0.1) is 0 Å². The van der Waals surface area contributed by atoms with Gasteiger partial charge in [-0.05, 0) is 49.1 Å². The molecule has 44 heavy (non-hydrogen) atoms. The summed E-state index contributed by atoms with van der Waals surface area (Å²) >= 11 is 6.32. The number of nitrogens with zero attached hydrogens (tertiary/aromatic N) is 3. The number of nitrogens with one attached hydrogen (secondary N) is 4. The number of aromatic amines is 1. The van der Waals surface area contributed by atoms with Crippen molar-refractivity contribution in [2.45, 2.75) is 31.3 Å². The Balaban J connectivity index is 1.30. The van der Waals surface area contributed by atoms with Crippen molar-refractivity contribution < 1.29 is 24.6 Å². The Kier molecular flexibility index (Phi) is 9.36. The van der Waals surface area contributed by atoms with Crippen LogP contribution in [0.25, 0.3) is 11.0 Å². The average molecular weight is 620 g/mol. The van der Waals surface area contributed by atoms with Gasteiger partial charge in [0.25, 0.3) is 17.4 Å². The topological polar surface area (TPSA) is 190 Å². The number of aliphatic hydroxyl groups excluding tert-OH is 1. The Morgan fingerprint density at radius 2 is 1.82 bits per heavy atom. The molecule has 0 spiro atoms. The van der Waals surface area contributed by atoms with Gasteiger partial charge in [-0.25, -0.2) is 9.78 Å².